The normalized spacial score (nSPS) is 10.0. The first kappa shape index (κ1) is 14.3. The van der Waals surface area contributed by atoms with Gasteiger partial charge in [0.1, 0.15) is 6.54 Å². The van der Waals surface area contributed by atoms with E-state index >= 15 is 0 Å². The Labute approximate surface area is 126 Å². The lowest BCUT2D eigenvalue weighted by molar-refractivity contribution is -0.121. The van der Waals surface area contributed by atoms with E-state index in [1.54, 1.807) is 16.7 Å². The number of halogens is 1. The van der Waals surface area contributed by atoms with E-state index in [4.69, 9.17) is 30.2 Å². The molecule has 5 nitrogen and oxygen atoms in total. The molecule has 0 unspecified atom stereocenters. The van der Waals surface area contributed by atoms with Crippen molar-refractivity contribution in [1.29, 1.82) is 0 Å². The van der Waals surface area contributed by atoms with Gasteiger partial charge in [0.15, 0.2) is 10.6 Å². The van der Waals surface area contributed by atoms with Gasteiger partial charge in [-0.2, -0.15) is 5.10 Å². The Hall–Kier alpha value is -2.10. The van der Waals surface area contributed by atoms with Gasteiger partial charge in [-0.1, -0.05) is 17.5 Å². The van der Waals surface area contributed by atoms with Crippen LogP contribution in [0.4, 0.5) is 0 Å². The highest BCUT2D eigenvalue weighted by Crippen LogP contribution is 2.19. The molecule has 0 aliphatic carbocycles. The number of rotatable bonds is 4. The van der Waals surface area contributed by atoms with Crippen molar-refractivity contribution in [3.63, 3.8) is 0 Å². The molecule has 1 heterocycles. The van der Waals surface area contributed by atoms with Gasteiger partial charge in [0.2, 0.25) is 5.91 Å². The number of carbonyl (C=O) groups excluding carboxylic acids is 1. The summed E-state index contributed by atoms with van der Waals surface area (Å²) in [5.74, 6) is 2.69. The number of H-pyrrole nitrogens is 1. The molecule has 2 N–H and O–H groups in total. The van der Waals surface area contributed by atoms with E-state index < -0.39 is 0 Å². The monoisotopic (exact) mass is 306 g/mol. The minimum Gasteiger partial charge on any atom is -0.344 e. The molecule has 102 valence electrons. The minimum atomic E-state index is -0.226. The minimum absolute atomic E-state index is 0.0506. The average molecular weight is 307 g/mol. The molecule has 0 aliphatic heterocycles. The zero-order valence-electron chi connectivity index (χ0n) is 10.4. The van der Waals surface area contributed by atoms with Crippen molar-refractivity contribution in [2.45, 2.75) is 6.54 Å². The third kappa shape index (κ3) is 3.26. The van der Waals surface area contributed by atoms with Crippen LogP contribution >= 0.6 is 23.8 Å². The highest BCUT2D eigenvalue weighted by Gasteiger charge is 2.11. The molecular weight excluding hydrogens is 296 g/mol. The summed E-state index contributed by atoms with van der Waals surface area (Å²) in [5, 5.41) is 10.0. The maximum absolute atomic E-state index is 11.7. The molecule has 1 aromatic heterocycles. The van der Waals surface area contributed by atoms with Gasteiger partial charge in [-0.15, -0.1) is 6.42 Å². The topological polar surface area (TPSA) is 62.7 Å². The number of terminal acetylenes is 1. The third-order valence-electron chi connectivity index (χ3n) is 2.55. The second kappa shape index (κ2) is 6.37. The standard InChI is InChI=1S/C13H11ClN4OS/c1-2-7-15-11(19)8-18-12(16-17-13(18)20)9-3-5-10(14)6-4-9/h1,3-6H,7-8H2,(H,15,19)(H,17,20). The molecule has 1 amide bonds. The van der Waals surface area contributed by atoms with Gasteiger partial charge in [-0.3, -0.25) is 14.5 Å². The number of benzene rings is 1. The van der Waals surface area contributed by atoms with Crippen LogP contribution in [0.5, 0.6) is 0 Å². The summed E-state index contributed by atoms with van der Waals surface area (Å²) in [6.45, 7) is 0.231. The number of hydrogen-bond acceptors (Lipinski definition) is 3. The van der Waals surface area contributed by atoms with E-state index in [0.717, 1.165) is 5.56 Å². The van der Waals surface area contributed by atoms with E-state index in [1.165, 1.54) is 0 Å². The molecule has 2 aromatic rings. The molecule has 0 aliphatic rings. The quantitative estimate of drug-likeness (QED) is 0.671. The first-order valence-corrected chi connectivity index (χ1v) is 6.51. The van der Waals surface area contributed by atoms with E-state index in [0.29, 0.717) is 15.6 Å². The Kier molecular flexibility index (Phi) is 4.56. The molecule has 0 atom stereocenters. The number of carbonyl (C=O) groups is 1. The Balaban J connectivity index is 2.28. The summed E-state index contributed by atoms with van der Waals surface area (Å²) in [6, 6.07) is 7.11. The fraction of sp³-hybridized carbons (Fsp3) is 0.154. The van der Waals surface area contributed by atoms with Crippen molar-refractivity contribution in [2.75, 3.05) is 6.54 Å². The van der Waals surface area contributed by atoms with Gasteiger partial charge in [0.25, 0.3) is 0 Å². The lowest BCUT2D eigenvalue weighted by atomic mass is 10.2. The molecule has 0 saturated heterocycles. The van der Waals surface area contributed by atoms with Gasteiger partial charge in [0.05, 0.1) is 6.54 Å². The molecule has 0 fully saturated rings. The van der Waals surface area contributed by atoms with Crippen LogP contribution in [0.25, 0.3) is 11.4 Å². The highest BCUT2D eigenvalue weighted by atomic mass is 35.5. The molecule has 0 spiro atoms. The molecule has 2 rings (SSSR count). The van der Waals surface area contributed by atoms with E-state index in [1.807, 2.05) is 12.1 Å². The van der Waals surface area contributed by atoms with Gasteiger partial charge >= 0.3 is 0 Å². The van der Waals surface area contributed by atoms with E-state index in [9.17, 15) is 4.79 Å². The largest absolute Gasteiger partial charge is 0.344 e. The SMILES string of the molecule is C#CCNC(=O)Cn1c(-c2ccc(Cl)cc2)n[nH]c1=S. The zero-order valence-corrected chi connectivity index (χ0v) is 12.0. The second-order valence-electron chi connectivity index (χ2n) is 3.93. The second-order valence-corrected chi connectivity index (χ2v) is 4.75. The van der Waals surface area contributed by atoms with Crippen LogP contribution in [-0.2, 0) is 11.3 Å². The lowest BCUT2D eigenvalue weighted by Gasteiger charge is -2.06. The Morgan fingerprint density at radius 1 is 1.50 bits per heavy atom. The van der Waals surface area contributed by atoms with Crippen LogP contribution in [0.15, 0.2) is 24.3 Å². The summed E-state index contributed by atoms with van der Waals surface area (Å²) in [6.07, 6.45) is 5.09. The van der Waals surface area contributed by atoms with Crippen molar-refractivity contribution in [3.8, 4) is 23.7 Å². The maximum atomic E-state index is 11.7. The van der Waals surface area contributed by atoms with Gasteiger partial charge in [-0.05, 0) is 36.5 Å². The van der Waals surface area contributed by atoms with Crippen LogP contribution < -0.4 is 5.32 Å². The van der Waals surface area contributed by atoms with E-state index in [2.05, 4.69) is 21.4 Å². The van der Waals surface area contributed by atoms with Gasteiger partial charge in [-0.25, -0.2) is 0 Å². The molecule has 7 heteroatoms. The van der Waals surface area contributed by atoms with Crippen molar-refractivity contribution in [1.82, 2.24) is 20.1 Å². The number of amides is 1. The molecule has 0 bridgehead atoms. The number of nitrogens with one attached hydrogen (secondary N) is 2. The number of aromatic nitrogens is 3. The number of nitrogens with zero attached hydrogens (tertiary/aromatic N) is 2. The predicted octanol–water partition coefficient (Wildman–Crippen LogP) is 2.01. The van der Waals surface area contributed by atoms with Crippen molar-refractivity contribution >= 4 is 29.7 Å². The Bertz CT molecular complexity index is 711. The van der Waals surface area contributed by atoms with E-state index in [-0.39, 0.29) is 19.0 Å². The van der Waals surface area contributed by atoms with Crippen LogP contribution in [0.1, 0.15) is 0 Å². The third-order valence-corrected chi connectivity index (χ3v) is 3.11. The average Bonchev–Trinajstić information content (AvgIpc) is 2.79. The molecule has 0 radical (unpaired) electrons. The number of hydrogen-bond donors (Lipinski definition) is 2. The van der Waals surface area contributed by atoms with Gasteiger partial charge in [0, 0.05) is 10.6 Å². The smallest absolute Gasteiger partial charge is 0.240 e. The lowest BCUT2D eigenvalue weighted by Crippen LogP contribution is -2.28. The van der Waals surface area contributed by atoms with Crippen LogP contribution in [0.3, 0.4) is 0 Å². The molecular formula is C13H11ClN4OS. The zero-order chi connectivity index (χ0) is 14.5. The van der Waals surface area contributed by atoms with Gasteiger partial charge < -0.3 is 5.32 Å². The molecule has 0 saturated carbocycles. The summed E-state index contributed by atoms with van der Waals surface area (Å²) in [5.41, 5.74) is 0.812. The maximum Gasteiger partial charge on any atom is 0.240 e. The number of aromatic amines is 1. The highest BCUT2D eigenvalue weighted by molar-refractivity contribution is 7.71. The first-order valence-electron chi connectivity index (χ1n) is 5.73. The van der Waals surface area contributed by atoms with Crippen molar-refractivity contribution < 1.29 is 4.79 Å². The Morgan fingerprint density at radius 3 is 2.85 bits per heavy atom. The molecule has 1 aromatic carbocycles. The summed E-state index contributed by atoms with van der Waals surface area (Å²) in [4.78, 5) is 11.7. The van der Waals surface area contributed by atoms with Crippen LogP contribution in [0.2, 0.25) is 5.02 Å². The predicted molar refractivity (Wildman–Crippen MR) is 79.7 cm³/mol. The fourth-order valence-electron chi connectivity index (χ4n) is 1.63. The van der Waals surface area contributed by atoms with Crippen molar-refractivity contribution in [2.24, 2.45) is 0 Å². The Morgan fingerprint density at radius 2 is 2.20 bits per heavy atom. The summed E-state index contributed by atoms with van der Waals surface area (Å²) in [7, 11) is 0. The fourth-order valence-corrected chi connectivity index (χ4v) is 1.96. The van der Waals surface area contributed by atoms with Crippen LogP contribution in [-0.4, -0.2) is 27.2 Å². The molecule has 20 heavy (non-hydrogen) atoms. The summed E-state index contributed by atoms with van der Waals surface area (Å²) < 4.78 is 1.97. The van der Waals surface area contributed by atoms with Crippen LogP contribution in [0, 0.1) is 17.1 Å². The van der Waals surface area contributed by atoms with Crippen molar-refractivity contribution in [3.05, 3.63) is 34.1 Å². The first-order chi connectivity index (χ1) is 9.61. The summed E-state index contributed by atoms with van der Waals surface area (Å²) >= 11 is 11.0.